The molecule has 1 heterocycles. The first kappa shape index (κ1) is 30.3. The molecule has 0 atom stereocenters. The second-order valence-electron chi connectivity index (χ2n) is 8.80. The quantitative estimate of drug-likeness (QED) is 0.133. The average molecular weight is 634 g/mol. The maximum atomic E-state index is 13.6. The van der Waals surface area contributed by atoms with Crippen LogP contribution in [0.25, 0.3) is 0 Å². The van der Waals surface area contributed by atoms with E-state index in [0.29, 0.717) is 32.1 Å². The van der Waals surface area contributed by atoms with Crippen molar-refractivity contribution >= 4 is 68.5 Å². The third kappa shape index (κ3) is 8.18. The summed E-state index contributed by atoms with van der Waals surface area (Å²) in [5.41, 5.74) is 4.05. The zero-order valence-electron chi connectivity index (χ0n) is 21.5. The molecule has 3 aromatic carbocycles. The predicted molar refractivity (Wildman–Crippen MR) is 159 cm³/mol. The fourth-order valence-corrected chi connectivity index (χ4v) is 5.42. The first-order valence-electron chi connectivity index (χ1n) is 12.0. The van der Waals surface area contributed by atoms with E-state index in [1.54, 1.807) is 78.9 Å². The van der Waals surface area contributed by atoms with Gasteiger partial charge in [0.05, 0.1) is 27.7 Å². The lowest BCUT2D eigenvalue weighted by Gasteiger charge is -2.22. The lowest BCUT2D eigenvalue weighted by molar-refractivity contribution is -0.136. The highest BCUT2D eigenvalue weighted by molar-refractivity contribution is 7.89. The van der Waals surface area contributed by atoms with Crippen molar-refractivity contribution in [2.45, 2.75) is 24.9 Å². The van der Waals surface area contributed by atoms with Gasteiger partial charge in [0.1, 0.15) is 11.5 Å². The van der Waals surface area contributed by atoms with Crippen LogP contribution in [0.1, 0.15) is 22.6 Å². The maximum absolute atomic E-state index is 13.6. The highest BCUT2D eigenvalue weighted by Gasteiger charge is 2.26. The summed E-state index contributed by atoms with van der Waals surface area (Å²) in [6.07, 6.45) is 1.19. The highest BCUT2D eigenvalue weighted by atomic mass is 35.5. The number of hydrogen-bond acceptors (Lipinski definition) is 6. The van der Waals surface area contributed by atoms with Crippen molar-refractivity contribution in [2.24, 2.45) is 5.10 Å². The third-order valence-electron chi connectivity index (χ3n) is 5.68. The second-order valence-corrected chi connectivity index (χ2v) is 12.0. The predicted octanol–water partition coefficient (Wildman–Crippen LogP) is 6.03. The number of halogens is 3. The van der Waals surface area contributed by atoms with Gasteiger partial charge >= 0.3 is 11.8 Å². The number of nitrogens with one attached hydrogen (secondary N) is 2. The van der Waals surface area contributed by atoms with Crippen LogP contribution in [0.2, 0.25) is 15.1 Å². The Hall–Kier alpha value is -3.67. The molecule has 212 valence electrons. The Labute approximate surface area is 251 Å². The molecule has 0 aliphatic carbocycles. The number of carbonyl (C=O) groups excluding carboxylic acids is 2. The van der Waals surface area contributed by atoms with Gasteiger partial charge in [-0.3, -0.25) is 9.59 Å². The van der Waals surface area contributed by atoms with E-state index in [2.05, 4.69) is 15.8 Å². The van der Waals surface area contributed by atoms with Crippen molar-refractivity contribution in [3.63, 3.8) is 0 Å². The molecular weight excluding hydrogens is 611 g/mol. The number of sulfonamides is 1. The SMILES string of the molecule is Cc1ccc(S(=O)(=O)N(Cc2ccc(Cl)c(Cl)c2)Cc2ccc(/C=N/NC(=O)C(=O)Nc3ccc(Cl)cc3)o2)cc1. The van der Waals surface area contributed by atoms with Gasteiger partial charge in [0.15, 0.2) is 0 Å². The van der Waals surface area contributed by atoms with Crippen LogP contribution < -0.4 is 10.7 Å². The van der Waals surface area contributed by atoms with Crippen LogP contribution in [0.5, 0.6) is 0 Å². The van der Waals surface area contributed by atoms with Gasteiger partial charge in [0, 0.05) is 17.3 Å². The Morgan fingerprint density at radius 3 is 2.27 bits per heavy atom. The van der Waals surface area contributed by atoms with Crippen LogP contribution in [-0.2, 0) is 32.7 Å². The number of aryl methyl sites for hydroxylation is 1. The molecule has 4 rings (SSSR count). The summed E-state index contributed by atoms with van der Waals surface area (Å²) in [5, 5.41) is 7.30. The Morgan fingerprint density at radius 1 is 0.878 bits per heavy atom. The Morgan fingerprint density at radius 2 is 1.59 bits per heavy atom. The smallest absolute Gasteiger partial charge is 0.329 e. The van der Waals surface area contributed by atoms with E-state index in [1.165, 1.54) is 10.5 Å². The Kier molecular flexibility index (Phi) is 9.85. The van der Waals surface area contributed by atoms with E-state index in [9.17, 15) is 18.0 Å². The van der Waals surface area contributed by atoms with Crippen molar-refractivity contribution in [1.29, 1.82) is 0 Å². The molecule has 0 bridgehead atoms. The fourth-order valence-electron chi connectivity index (χ4n) is 3.58. The molecule has 0 saturated heterocycles. The zero-order chi connectivity index (χ0) is 29.6. The van der Waals surface area contributed by atoms with E-state index >= 15 is 0 Å². The summed E-state index contributed by atoms with van der Waals surface area (Å²) in [7, 11) is -3.94. The van der Waals surface area contributed by atoms with Gasteiger partial charge < -0.3 is 9.73 Å². The van der Waals surface area contributed by atoms with E-state index in [1.807, 2.05) is 6.92 Å². The van der Waals surface area contributed by atoms with Gasteiger partial charge in [0.2, 0.25) is 10.0 Å². The molecule has 13 heteroatoms. The largest absolute Gasteiger partial charge is 0.459 e. The number of anilines is 1. The number of rotatable bonds is 9. The molecule has 0 unspecified atom stereocenters. The number of amides is 2. The molecular formula is C28H23Cl3N4O5S. The number of furan rings is 1. The molecule has 0 aliphatic rings. The van der Waals surface area contributed by atoms with Crippen LogP contribution in [0.4, 0.5) is 5.69 Å². The standard InChI is InChI=1S/C28H23Cl3N4O5S/c1-18-2-11-24(12-3-18)41(38,39)35(16-19-4-13-25(30)26(31)14-19)17-23-10-9-22(40-23)15-32-34-28(37)27(36)33-21-7-5-20(29)6-8-21/h2-15H,16-17H2,1H3,(H,33,36)(H,34,37)/b32-15+. The topological polar surface area (TPSA) is 121 Å². The van der Waals surface area contributed by atoms with Gasteiger partial charge in [-0.2, -0.15) is 9.41 Å². The maximum Gasteiger partial charge on any atom is 0.329 e. The van der Waals surface area contributed by atoms with Crippen LogP contribution >= 0.6 is 34.8 Å². The van der Waals surface area contributed by atoms with Crippen LogP contribution in [0.3, 0.4) is 0 Å². The molecule has 0 fully saturated rings. The molecule has 0 spiro atoms. The number of carbonyl (C=O) groups is 2. The minimum atomic E-state index is -3.94. The van der Waals surface area contributed by atoms with Crippen molar-refractivity contribution < 1.29 is 22.4 Å². The Bertz CT molecular complexity index is 1690. The highest BCUT2D eigenvalue weighted by Crippen LogP contribution is 2.26. The zero-order valence-corrected chi connectivity index (χ0v) is 24.6. The molecule has 4 aromatic rings. The van der Waals surface area contributed by atoms with Crippen LogP contribution in [-0.4, -0.2) is 30.8 Å². The summed E-state index contributed by atoms with van der Waals surface area (Å²) in [5.74, 6) is -1.39. The third-order valence-corrected chi connectivity index (χ3v) is 8.48. The molecule has 2 amide bonds. The molecule has 41 heavy (non-hydrogen) atoms. The Balaban J connectivity index is 1.46. The lowest BCUT2D eigenvalue weighted by atomic mass is 10.2. The molecule has 0 radical (unpaired) electrons. The summed E-state index contributed by atoms with van der Waals surface area (Å²) in [6, 6.07) is 20.8. The summed E-state index contributed by atoms with van der Waals surface area (Å²) < 4.78 is 34.1. The summed E-state index contributed by atoms with van der Waals surface area (Å²) in [6.45, 7) is 1.75. The van der Waals surface area contributed by atoms with Crippen LogP contribution in [0, 0.1) is 6.92 Å². The minimum Gasteiger partial charge on any atom is -0.459 e. The monoisotopic (exact) mass is 632 g/mol. The first-order chi connectivity index (χ1) is 19.5. The second kappa shape index (κ2) is 13.3. The number of nitrogens with zero attached hydrogens (tertiary/aromatic N) is 2. The number of benzene rings is 3. The van der Waals surface area contributed by atoms with Crippen molar-refractivity contribution in [3.05, 3.63) is 117 Å². The van der Waals surface area contributed by atoms with Gasteiger partial charge in [-0.15, -0.1) is 0 Å². The molecule has 9 nitrogen and oxygen atoms in total. The molecule has 0 saturated carbocycles. The fraction of sp³-hybridized carbons (Fsp3) is 0.107. The van der Waals surface area contributed by atoms with Crippen molar-refractivity contribution in [3.8, 4) is 0 Å². The van der Waals surface area contributed by atoms with Gasteiger partial charge in [0.25, 0.3) is 0 Å². The van der Waals surface area contributed by atoms with Crippen molar-refractivity contribution in [1.82, 2.24) is 9.73 Å². The van der Waals surface area contributed by atoms with Gasteiger partial charge in [-0.05, 0) is 73.2 Å². The normalized spacial score (nSPS) is 11.6. The molecule has 1 aromatic heterocycles. The number of hydrazone groups is 1. The van der Waals surface area contributed by atoms with Crippen LogP contribution in [0.15, 0.2) is 93.3 Å². The summed E-state index contributed by atoms with van der Waals surface area (Å²) >= 11 is 18.0. The summed E-state index contributed by atoms with van der Waals surface area (Å²) in [4.78, 5) is 24.2. The van der Waals surface area contributed by atoms with Gasteiger partial charge in [-0.25, -0.2) is 13.8 Å². The minimum absolute atomic E-state index is 0.00396. The number of hydrogen-bond donors (Lipinski definition) is 2. The van der Waals surface area contributed by atoms with E-state index in [4.69, 9.17) is 39.2 Å². The van der Waals surface area contributed by atoms with Crippen molar-refractivity contribution in [2.75, 3.05) is 5.32 Å². The lowest BCUT2D eigenvalue weighted by Crippen LogP contribution is -2.32. The van der Waals surface area contributed by atoms with E-state index in [0.717, 1.165) is 5.56 Å². The van der Waals surface area contributed by atoms with E-state index < -0.39 is 21.8 Å². The van der Waals surface area contributed by atoms with Gasteiger partial charge in [-0.1, -0.05) is 58.6 Å². The molecule has 2 N–H and O–H groups in total. The average Bonchev–Trinajstić information content (AvgIpc) is 3.39. The molecule has 0 aliphatic heterocycles. The van der Waals surface area contributed by atoms with E-state index in [-0.39, 0.29) is 23.7 Å². The first-order valence-corrected chi connectivity index (χ1v) is 14.6.